The Bertz CT molecular complexity index is 617. The van der Waals surface area contributed by atoms with Gasteiger partial charge in [-0.15, -0.1) is 0 Å². The van der Waals surface area contributed by atoms with Crippen molar-refractivity contribution >= 4 is 29.4 Å². The summed E-state index contributed by atoms with van der Waals surface area (Å²) in [4.78, 5) is 28.5. The van der Waals surface area contributed by atoms with Gasteiger partial charge in [-0.3, -0.25) is 0 Å². The van der Waals surface area contributed by atoms with Crippen LogP contribution in [0.3, 0.4) is 0 Å². The van der Waals surface area contributed by atoms with Crippen LogP contribution in [0, 0.1) is 13.8 Å². The van der Waals surface area contributed by atoms with Crippen LogP contribution < -0.4 is 5.73 Å². The minimum absolute atomic E-state index is 0.169. The Labute approximate surface area is 131 Å². The number of aryl methyl sites for hydroxylation is 2. The molecule has 0 fully saturated rings. The second-order valence-electron chi connectivity index (χ2n) is 4.35. The van der Waals surface area contributed by atoms with Crippen LogP contribution in [0.5, 0.6) is 0 Å². The fourth-order valence-corrected chi connectivity index (χ4v) is 1.82. The lowest BCUT2D eigenvalue weighted by atomic mass is 10.2. The highest BCUT2D eigenvalue weighted by Crippen LogP contribution is 2.09. The quantitative estimate of drug-likeness (QED) is 0.724. The number of aromatic nitrogens is 2. The summed E-state index contributed by atoms with van der Waals surface area (Å²) in [6.45, 7) is 3.39. The molecule has 0 saturated carbocycles. The van der Waals surface area contributed by atoms with Gasteiger partial charge in [-0.1, -0.05) is 11.6 Å². The lowest BCUT2D eigenvalue weighted by Crippen LogP contribution is -2.00. The van der Waals surface area contributed by atoms with E-state index in [-0.39, 0.29) is 22.1 Å². The van der Waals surface area contributed by atoms with E-state index in [9.17, 15) is 9.59 Å². The number of nitrogens with zero attached hydrogens (tertiary/aromatic N) is 2. The molecule has 2 aromatic rings. The number of rotatable bonds is 2. The van der Waals surface area contributed by atoms with Gasteiger partial charge < -0.3 is 15.9 Å². The Hall–Kier alpha value is -2.67. The van der Waals surface area contributed by atoms with Gasteiger partial charge in [0, 0.05) is 11.4 Å². The van der Waals surface area contributed by atoms with Crippen molar-refractivity contribution in [3.63, 3.8) is 0 Å². The summed E-state index contributed by atoms with van der Waals surface area (Å²) in [5, 5.41) is 17.3. The number of aromatic carboxylic acids is 2. The van der Waals surface area contributed by atoms with Crippen molar-refractivity contribution in [3.05, 3.63) is 51.9 Å². The first-order valence-electron chi connectivity index (χ1n) is 6.04. The minimum Gasteiger partial charge on any atom is -0.478 e. The maximum atomic E-state index is 10.4. The van der Waals surface area contributed by atoms with E-state index in [1.807, 2.05) is 0 Å². The molecule has 0 atom stereocenters. The Morgan fingerprint density at radius 2 is 1.41 bits per heavy atom. The Balaban J connectivity index is 0.000000220. The molecule has 4 N–H and O–H groups in total. The van der Waals surface area contributed by atoms with Gasteiger partial charge in [0.1, 0.15) is 11.0 Å². The SMILES string of the molecule is Cc1cc(C(=O)O)cc(Cl)n1.Cc1cc(C(=O)O)cc(N)n1. The van der Waals surface area contributed by atoms with Gasteiger partial charge >= 0.3 is 11.9 Å². The molecule has 7 nitrogen and oxygen atoms in total. The van der Waals surface area contributed by atoms with Crippen LogP contribution in [0.4, 0.5) is 5.82 Å². The zero-order valence-electron chi connectivity index (χ0n) is 11.9. The average Bonchev–Trinajstić information content (AvgIpc) is 2.37. The van der Waals surface area contributed by atoms with Crippen molar-refractivity contribution < 1.29 is 19.8 Å². The van der Waals surface area contributed by atoms with Crippen LogP contribution in [0.15, 0.2) is 24.3 Å². The van der Waals surface area contributed by atoms with Gasteiger partial charge in [0.25, 0.3) is 0 Å². The number of anilines is 1. The van der Waals surface area contributed by atoms with Crippen molar-refractivity contribution in [1.29, 1.82) is 0 Å². The van der Waals surface area contributed by atoms with Gasteiger partial charge in [0.05, 0.1) is 11.1 Å². The van der Waals surface area contributed by atoms with Gasteiger partial charge in [-0.05, 0) is 38.1 Å². The Morgan fingerprint density at radius 3 is 1.82 bits per heavy atom. The number of hydrogen-bond donors (Lipinski definition) is 3. The number of halogens is 1. The summed E-state index contributed by atoms with van der Waals surface area (Å²) < 4.78 is 0. The molecular formula is C14H14ClN3O4. The number of carbonyl (C=O) groups is 2. The van der Waals surface area contributed by atoms with Crippen LogP contribution in [0.25, 0.3) is 0 Å². The number of nitrogen functional groups attached to an aromatic ring is 1. The normalized spacial score (nSPS) is 9.59. The van der Waals surface area contributed by atoms with E-state index in [2.05, 4.69) is 9.97 Å². The van der Waals surface area contributed by atoms with Crippen LogP contribution in [-0.2, 0) is 0 Å². The van der Waals surface area contributed by atoms with Gasteiger partial charge in [-0.2, -0.15) is 0 Å². The van der Waals surface area contributed by atoms with E-state index in [4.69, 9.17) is 27.5 Å². The predicted octanol–water partition coefficient (Wildman–Crippen LogP) is 2.41. The van der Waals surface area contributed by atoms with E-state index < -0.39 is 11.9 Å². The molecule has 0 spiro atoms. The highest BCUT2D eigenvalue weighted by Gasteiger charge is 2.04. The summed E-state index contributed by atoms with van der Waals surface area (Å²) >= 11 is 5.52. The molecule has 22 heavy (non-hydrogen) atoms. The Morgan fingerprint density at radius 1 is 0.955 bits per heavy atom. The van der Waals surface area contributed by atoms with Crippen LogP contribution in [0.2, 0.25) is 5.15 Å². The third kappa shape index (κ3) is 5.37. The number of nitrogens with two attached hydrogens (primary N) is 1. The molecular weight excluding hydrogens is 310 g/mol. The van der Waals surface area contributed by atoms with E-state index in [0.717, 1.165) is 0 Å². The fourth-order valence-electron chi connectivity index (χ4n) is 1.57. The number of pyridine rings is 2. The Kier molecular flexibility index (Phi) is 5.82. The molecule has 0 aliphatic rings. The first kappa shape index (κ1) is 17.4. The molecule has 0 radical (unpaired) electrons. The largest absolute Gasteiger partial charge is 0.478 e. The molecule has 2 aromatic heterocycles. The molecule has 0 saturated heterocycles. The summed E-state index contributed by atoms with van der Waals surface area (Å²) in [6, 6.07) is 5.58. The zero-order chi connectivity index (χ0) is 16.9. The summed E-state index contributed by atoms with van der Waals surface area (Å²) in [7, 11) is 0. The first-order valence-corrected chi connectivity index (χ1v) is 6.41. The van der Waals surface area contributed by atoms with E-state index in [1.165, 1.54) is 24.3 Å². The molecule has 2 heterocycles. The smallest absolute Gasteiger partial charge is 0.335 e. The van der Waals surface area contributed by atoms with Crippen molar-refractivity contribution in [2.45, 2.75) is 13.8 Å². The van der Waals surface area contributed by atoms with Crippen LogP contribution in [0.1, 0.15) is 32.1 Å². The summed E-state index contributed by atoms with van der Waals surface area (Å²) in [5.41, 5.74) is 6.89. The number of carboxylic acids is 2. The number of carboxylic acid groups (broad SMARTS) is 2. The molecule has 8 heteroatoms. The lowest BCUT2D eigenvalue weighted by molar-refractivity contribution is 0.0686. The van der Waals surface area contributed by atoms with Crippen molar-refractivity contribution in [2.24, 2.45) is 0 Å². The monoisotopic (exact) mass is 323 g/mol. The van der Waals surface area contributed by atoms with Gasteiger partial charge in [0.2, 0.25) is 0 Å². The third-order valence-electron chi connectivity index (χ3n) is 2.39. The summed E-state index contributed by atoms with van der Waals surface area (Å²) in [5.74, 6) is -1.73. The number of hydrogen-bond acceptors (Lipinski definition) is 5. The van der Waals surface area contributed by atoms with Gasteiger partial charge in [-0.25, -0.2) is 19.6 Å². The van der Waals surface area contributed by atoms with E-state index >= 15 is 0 Å². The highest BCUT2D eigenvalue weighted by atomic mass is 35.5. The molecule has 0 amide bonds. The van der Waals surface area contributed by atoms with E-state index in [1.54, 1.807) is 13.8 Å². The second-order valence-corrected chi connectivity index (χ2v) is 4.74. The fraction of sp³-hybridized carbons (Fsp3) is 0.143. The van der Waals surface area contributed by atoms with Crippen LogP contribution in [-0.4, -0.2) is 32.1 Å². The van der Waals surface area contributed by atoms with Crippen molar-refractivity contribution in [2.75, 3.05) is 5.73 Å². The minimum atomic E-state index is -0.989. The molecule has 0 aliphatic carbocycles. The first-order chi connectivity index (χ1) is 10.2. The maximum absolute atomic E-state index is 10.4. The van der Waals surface area contributed by atoms with Crippen molar-refractivity contribution in [3.8, 4) is 0 Å². The van der Waals surface area contributed by atoms with Crippen molar-refractivity contribution in [1.82, 2.24) is 9.97 Å². The third-order valence-corrected chi connectivity index (χ3v) is 2.58. The second kappa shape index (κ2) is 7.37. The standard InChI is InChI=1S/C7H6ClNO2.C7H8N2O2/c2*1-4-2-5(7(10)11)3-6(8)9-4/h2-3H,1H3,(H,10,11);2-3H,1H3,(H2,8,9)(H,10,11). The summed E-state index contributed by atoms with van der Waals surface area (Å²) in [6.07, 6.45) is 0. The molecule has 0 aromatic carbocycles. The topological polar surface area (TPSA) is 126 Å². The molecule has 0 bridgehead atoms. The van der Waals surface area contributed by atoms with E-state index in [0.29, 0.717) is 11.4 Å². The zero-order valence-corrected chi connectivity index (χ0v) is 12.6. The van der Waals surface area contributed by atoms with Crippen LogP contribution >= 0.6 is 11.6 Å². The average molecular weight is 324 g/mol. The molecule has 2 rings (SSSR count). The molecule has 0 unspecified atom stereocenters. The maximum Gasteiger partial charge on any atom is 0.335 e. The van der Waals surface area contributed by atoms with Gasteiger partial charge in [0.15, 0.2) is 0 Å². The lowest BCUT2D eigenvalue weighted by Gasteiger charge is -1.97. The molecule has 0 aliphatic heterocycles. The highest BCUT2D eigenvalue weighted by molar-refractivity contribution is 6.29. The molecule has 116 valence electrons. The predicted molar refractivity (Wildman–Crippen MR) is 81.3 cm³/mol.